The van der Waals surface area contributed by atoms with Crippen molar-refractivity contribution >= 4 is 75.1 Å². The number of amides is 2. The van der Waals surface area contributed by atoms with Gasteiger partial charge in [-0.05, 0) is 25.7 Å². The van der Waals surface area contributed by atoms with Gasteiger partial charge in [0.05, 0.1) is 25.6 Å². The molecule has 3 heterocycles. The van der Waals surface area contributed by atoms with Crippen LogP contribution < -0.4 is 16.4 Å². The molecule has 0 spiro atoms. The van der Waals surface area contributed by atoms with Gasteiger partial charge >= 0.3 is 29.4 Å². The van der Waals surface area contributed by atoms with E-state index in [4.69, 9.17) is 24.6 Å². The number of phosphoric acid groups is 3. The molecular weight excluding hydrogens is 963 g/mol. The maximum Gasteiger partial charge on any atom is 0.481 e. The number of hydrogen-bond acceptors (Lipinski definition) is 20. The highest BCUT2D eigenvalue weighted by Crippen LogP contribution is 2.61. The molecule has 0 bridgehead atoms. The number of aliphatic hydroxyl groups excluding tert-OH is 3. The Morgan fingerprint density at radius 1 is 0.894 bits per heavy atom. The number of hydrogen-bond donors (Lipinski definition) is 11. The lowest BCUT2D eigenvalue weighted by molar-refractivity contribution is -0.137. The lowest BCUT2D eigenvalue weighted by Crippen LogP contribution is -2.46. The maximum absolute atomic E-state index is 12.7. The van der Waals surface area contributed by atoms with Crippen molar-refractivity contribution in [1.29, 1.82) is 0 Å². The zero-order valence-electron chi connectivity index (χ0n) is 36.2. The van der Waals surface area contributed by atoms with Crippen LogP contribution in [0.3, 0.4) is 0 Å². The monoisotopic (exact) mass is 1020 g/mol. The molecule has 0 saturated carbocycles. The van der Waals surface area contributed by atoms with Crippen molar-refractivity contribution in [3.63, 3.8) is 0 Å². The number of carboxylic acids is 1. The van der Waals surface area contributed by atoms with E-state index in [1.165, 1.54) is 13.8 Å². The Balaban J connectivity index is 1.33. The predicted octanol–water partition coefficient (Wildman–Crippen LogP) is 1.40. The number of aromatic nitrogens is 4. The Kier molecular flexibility index (Phi) is 23.2. The number of carbonyl (C=O) groups excluding carboxylic acids is 3. The van der Waals surface area contributed by atoms with Gasteiger partial charge in [0.2, 0.25) is 11.8 Å². The number of carboxylic acid groups (broad SMARTS) is 1. The van der Waals surface area contributed by atoms with Crippen LogP contribution in [0, 0.1) is 5.41 Å². The molecule has 66 heavy (non-hydrogen) atoms. The number of unbranched alkanes of at least 4 members (excludes halogenated alkanes) is 5. The van der Waals surface area contributed by atoms with Gasteiger partial charge in [-0.25, -0.2) is 28.6 Å². The molecule has 3 rings (SSSR count). The number of nitrogens with one attached hydrogen (secondary N) is 2. The summed E-state index contributed by atoms with van der Waals surface area (Å²) in [6.07, 6.45) is -0.263. The molecule has 1 saturated heterocycles. The molecular formula is C35H60N7O20P3S. The summed E-state index contributed by atoms with van der Waals surface area (Å²) < 4.78 is 62.3. The second-order valence-electron chi connectivity index (χ2n) is 15.9. The summed E-state index contributed by atoms with van der Waals surface area (Å²) in [6.45, 7) is 0.392. The zero-order valence-corrected chi connectivity index (χ0v) is 39.7. The molecule has 376 valence electrons. The number of carbonyl (C=O) groups is 4. The first-order valence-corrected chi connectivity index (χ1v) is 26.3. The van der Waals surface area contributed by atoms with E-state index in [0.717, 1.165) is 61.1 Å². The smallest absolute Gasteiger partial charge is 0.481 e. The predicted molar refractivity (Wildman–Crippen MR) is 232 cm³/mol. The number of nitrogen functional groups attached to an aromatic ring is 1. The molecule has 1 aliphatic rings. The molecule has 8 unspecified atom stereocenters. The number of aliphatic hydroxyl groups is 3. The number of nitrogens with zero attached hydrogens (tertiary/aromatic N) is 4. The van der Waals surface area contributed by atoms with Crippen LogP contribution in [0.2, 0.25) is 0 Å². The minimum absolute atomic E-state index is 0.0227. The second kappa shape index (κ2) is 26.7. The maximum atomic E-state index is 12.7. The van der Waals surface area contributed by atoms with Crippen LogP contribution in [0.15, 0.2) is 12.7 Å². The Morgan fingerprint density at radius 2 is 1.53 bits per heavy atom. The van der Waals surface area contributed by atoms with Crippen LogP contribution in [0.1, 0.15) is 97.1 Å². The lowest BCUT2D eigenvalue weighted by Gasteiger charge is -2.30. The lowest BCUT2D eigenvalue weighted by atomic mass is 9.87. The van der Waals surface area contributed by atoms with Gasteiger partial charge in [-0.1, -0.05) is 57.7 Å². The first-order valence-electron chi connectivity index (χ1n) is 20.8. The summed E-state index contributed by atoms with van der Waals surface area (Å²) in [7, 11) is -16.5. The summed E-state index contributed by atoms with van der Waals surface area (Å²) in [5.74, 6) is -1.99. The topological polar surface area (TPSA) is 421 Å². The molecule has 31 heteroatoms. The summed E-state index contributed by atoms with van der Waals surface area (Å²) in [4.78, 5) is 98.7. The number of rotatable bonds is 32. The molecule has 27 nitrogen and oxygen atoms in total. The number of ether oxygens (including phenoxy) is 1. The molecule has 1 fully saturated rings. The Morgan fingerprint density at radius 3 is 2.20 bits per heavy atom. The van der Waals surface area contributed by atoms with Gasteiger partial charge in [-0.15, -0.1) is 0 Å². The van der Waals surface area contributed by atoms with Gasteiger partial charge in [-0.3, -0.25) is 37.3 Å². The van der Waals surface area contributed by atoms with Gasteiger partial charge in [0, 0.05) is 43.5 Å². The highest BCUT2D eigenvalue weighted by Gasteiger charge is 2.50. The largest absolute Gasteiger partial charge is 0.481 e. The molecule has 8 atom stereocenters. The van der Waals surface area contributed by atoms with Crippen LogP contribution in [0.5, 0.6) is 0 Å². The SMILES string of the molecule is CC(C)(COP(=O)(O)OP(=O)(O)OCC1OC(n2cnc3c(N)ncnc32)C(O)C1OP(=O)(O)O)C(O)C(=O)NCCC(=O)NCCSC(=O)CCCCCC(O)CCCCCCC(=O)O. The third-order valence-corrected chi connectivity index (χ3v) is 13.9. The first-order chi connectivity index (χ1) is 30.8. The number of thioether (sulfide) groups is 1. The number of aliphatic carboxylic acids is 1. The van der Waals surface area contributed by atoms with Crippen molar-refractivity contribution in [3.8, 4) is 0 Å². The van der Waals surface area contributed by atoms with E-state index in [1.54, 1.807) is 0 Å². The Hall–Kier alpha value is -3.01. The normalized spacial score (nSPS) is 20.6. The minimum atomic E-state index is -5.59. The molecule has 0 aliphatic carbocycles. The number of anilines is 1. The average molecular weight is 1020 g/mol. The van der Waals surface area contributed by atoms with E-state index in [9.17, 15) is 67.8 Å². The summed E-state index contributed by atoms with van der Waals surface area (Å²) in [6, 6.07) is 0. The van der Waals surface area contributed by atoms with Crippen molar-refractivity contribution in [3.05, 3.63) is 12.7 Å². The van der Waals surface area contributed by atoms with Crippen LogP contribution in [0.4, 0.5) is 5.82 Å². The fourth-order valence-corrected chi connectivity index (χ4v) is 9.90. The van der Waals surface area contributed by atoms with Gasteiger partial charge in [0.25, 0.3) is 0 Å². The number of fused-ring (bicyclic) bond motifs is 1. The van der Waals surface area contributed by atoms with E-state index < -0.39 is 96.6 Å². The number of phosphoric ester groups is 3. The van der Waals surface area contributed by atoms with Crippen molar-refractivity contribution in [2.45, 2.75) is 128 Å². The Bertz CT molecular complexity index is 2060. The summed E-state index contributed by atoms with van der Waals surface area (Å²) in [5, 5.41) is 45.2. The van der Waals surface area contributed by atoms with E-state index in [1.807, 2.05) is 0 Å². The highest BCUT2D eigenvalue weighted by atomic mass is 32.2. The first kappa shape index (κ1) is 57.3. The third kappa shape index (κ3) is 20.3. The van der Waals surface area contributed by atoms with Gasteiger partial charge in [-0.2, -0.15) is 4.31 Å². The summed E-state index contributed by atoms with van der Waals surface area (Å²) in [5.41, 5.74) is 4.23. The molecule has 2 amide bonds. The van der Waals surface area contributed by atoms with Crippen molar-refractivity contribution < 1.29 is 95.5 Å². The third-order valence-electron chi connectivity index (χ3n) is 9.86. The van der Waals surface area contributed by atoms with Gasteiger partial charge in [0.1, 0.15) is 36.3 Å². The molecule has 2 aromatic heterocycles. The fraction of sp³-hybridized carbons (Fsp3) is 0.743. The van der Waals surface area contributed by atoms with E-state index in [-0.39, 0.29) is 48.0 Å². The quantitative estimate of drug-likeness (QED) is 0.0364. The highest BCUT2D eigenvalue weighted by molar-refractivity contribution is 8.13. The van der Waals surface area contributed by atoms with Crippen LogP contribution >= 0.6 is 35.2 Å². The van der Waals surface area contributed by atoms with Crippen molar-refractivity contribution in [2.24, 2.45) is 5.41 Å². The molecule has 12 N–H and O–H groups in total. The van der Waals surface area contributed by atoms with Gasteiger partial charge < -0.3 is 61.1 Å². The molecule has 1 aliphatic heterocycles. The molecule has 2 aromatic rings. The van der Waals surface area contributed by atoms with E-state index >= 15 is 0 Å². The zero-order chi connectivity index (χ0) is 49.3. The summed E-state index contributed by atoms with van der Waals surface area (Å²) >= 11 is 1.07. The molecule has 0 aromatic carbocycles. The van der Waals surface area contributed by atoms with E-state index in [2.05, 4.69) is 34.4 Å². The van der Waals surface area contributed by atoms with Crippen LogP contribution in [-0.4, -0.2) is 145 Å². The van der Waals surface area contributed by atoms with Crippen LogP contribution in [0.25, 0.3) is 11.2 Å². The van der Waals surface area contributed by atoms with Crippen molar-refractivity contribution in [2.75, 3.05) is 37.8 Å². The van der Waals surface area contributed by atoms with Crippen molar-refractivity contribution in [1.82, 2.24) is 30.2 Å². The minimum Gasteiger partial charge on any atom is -0.481 e. The van der Waals surface area contributed by atoms with E-state index in [0.29, 0.717) is 37.9 Å². The van der Waals surface area contributed by atoms with Crippen LogP contribution in [-0.2, 0) is 55.5 Å². The van der Waals surface area contributed by atoms with Gasteiger partial charge in [0.15, 0.2) is 22.8 Å². The standard InChI is InChI=1S/C35H60N7O20P3S/c1-35(2,30(49)33(50)38-15-14-24(44)37-16-17-66-26(47)13-9-5-7-11-22(43)10-6-3-4-8-12-25(45)46)19-59-65(56,57)62-64(54,55)58-18-23-29(61-63(51,52)53)28(48)34(60-23)42-21-41-27-31(36)39-20-40-32(27)42/h20-23,28-30,34,43,48-49H,3-19H2,1-2H3,(H,37,44)(H,38,50)(H,45,46)(H,54,55)(H,56,57)(H2,36,39,40)(H2,51,52,53). The second-order valence-corrected chi connectivity index (χ2v) is 21.3. The average Bonchev–Trinajstić information content (AvgIpc) is 3.78. The number of nitrogens with two attached hydrogens (primary N) is 1. The molecule has 0 radical (unpaired) electrons. The fourth-order valence-electron chi connectivity index (χ4n) is 6.35. The Labute approximate surface area is 383 Å². The number of imidazole rings is 1.